The first-order valence-electron chi connectivity index (χ1n) is 12.1. The number of anilines is 1. The van der Waals surface area contributed by atoms with Crippen LogP contribution in [0.25, 0.3) is 10.9 Å². The van der Waals surface area contributed by atoms with Crippen LogP contribution in [-0.4, -0.2) is 62.3 Å². The molecule has 0 atom stereocenters. The lowest BCUT2D eigenvalue weighted by Gasteiger charge is -2.36. The Bertz CT molecular complexity index is 1110. The maximum Gasteiger partial charge on any atom is 0.337 e. The number of nitrogens with zero attached hydrogens (tertiary/aromatic N) is 2. The van der Waals surface area contributed by atoms with E-state index >= 15 is 0 Å². The van der Waals surface area contributed by atoms with Crippen LogP contribution >= 0.6 is 0 Å². The number of aromatic nitrogens is 1. The molecular weight excluding hydrogens is 414 g/mol. The Labute approximate surface area is 195 Å². The summed E-state index contributed by atoms with van der Waals surface area (Å²) in [5.74, 6) is 0.785. The average molecular weight is 448 g/mol. The molecule has 1 aromatic heterocycles. The topological polar surface area (TPSA) is 57.8 Å². The van der Waals surface area contributed by atoms with Crippen LogP contribution in [0.4, 0.5) is 5.69 Å². The van der Waals surface area contributed by atoms with E-state index in [9.17, 15) is 4.79 Å². The molecular formula is C27H33N3O3. The Balaban J connectivity index is 1.09. The van der Waals surface area contributed by atoms with Crippen LogP contribution in [0.5, 0.6) is 5.75 Å². The van der Waals surface area contributed by atoms with Crippen LogP contribution in [0, 0.1) is 0 Å². The zero-order valence-corrected chi connectivity index (χ0v) is 19.4. The van der Waals surface area contributed by atoms with Gasteiger partial charge in [-0.2, -0.15) is 0 Å². The van der Waals surface area contributed by atoms with Gasteiger partial charge in [0.1, 0.15) is 5.75 Å². The smallest absolute Gasteiger partial charge is 0.337 e. The van der Waals surface area contributed by atoms with Crippen LogP contribution in [0.1, 0.15) is 40.7 Å². The number of piperazine rings is 1. The second-order valence-electron chi connectivity index (χ2n) is 9.10. The predicted molar refractivity (Wildman–Crippen MR) is 131 cm³/mol. The van der Waals surface area contributed by atoms with E-state index in [1.807, 2.05) is 18.2 Å². The summed E-state index contributed by atoms with van der Waals surface area (Å²) in [6, 6.07) is 12.4. The summed E-state index contributed by atoms with van der Waals surface area (Å²) in [6.07, 6.45) is 7.66. The van der Waals surface area contributed by atoms with E-state index in [2.05, 4.69) is 39.2 Å². The van der Waals surface area contributed by atoms with Gasteiger partial charge in [-0.3, -0.25) is 4.90 Å². The number of hydrogen-bond donors (Lipinski definition) is 1. The first-order valence-corrected chi connectivity index (χ1v) is 12.1. The number of methoxy groups -OCH3 is 1. The number of fused-ring (bicyclic) bond motifs is 2. The molecule has 0 unspecified atom stereocenters. The van der Waals surface area contributed by atoms with Crippen molar-refractivity contribution in [3.63, 3.8) is 0 Å². The summed E-state index contributed by atoms with van der Waals surface area (Å²) in [4.78, 5) is 20.3. The molecule has 2 aliphatic heterocycles. The average Bonchev–Trinajstić information content (AvgIpc) is 3.28. The van der Waals surface area contributed by atoms with E-state index in [1.165, 1.54) is 30.3 Å². The van der Waals surface area contributed by atoms with Crippen molar-refractivity contribution in [3.8, 4) is 5.75 Å². The highest BCUT2D eigenvalue weighted by molar-refractivity contribution is 5.95. The van der Waals surface area contributed by atoms with Crippen molar-refractivity contribution in [2.75, 3.05) is 51.3 Å². The van der Waals surface area contributed by atoms with Gasteiger partial charge in [-0.15, -0.1) is 0 Å². The molecule has 33 heavy (non-hydrogen) atoms. The fourth-order valence-electron chi connectivity index (χ4n) is 5.05. The van der Waals surface area contributed by atoms with Gasteiger partial charge >= 0.3 is 5.97 Å². The minimum atomic E-state index is -0.285. The lowest BCUT2D eigenvalue weighted by atomic mass is 10.0. The normalized spacial score (nSPS) is 16.5. The molecule has 174 valence electrons. The number of nitrogens with one attached hydrogen (secondary N) is 1. The van der Waals surface area contributed by atoms with E-state index in [1.54, 1.807) is 0 Å². The van der Waals surface area contributed by atoms with Gasteiger partial charge in [0.25, 0.3) is 0 Å². The predicted octanol–water partition coefficient (Wildman–Crippen LogP) is 4.42. The van der Waals surface area contributed by atoms with Crippen LogP contribution in [0.3, 0.4) is 0 Å². The highest BCUT2D eigenvalue weighted by Crippen LogP contribution is 2.29. The summed E-state index contributed by atoms with van der Waals surface area (Å²) in [5, 5.41) is 1.13. The summed E-state index contributed by atoms with van der Waals surface area (Å²) in [7, 11) is 1.42. The molecule has 1 N–H and O–H groups in total. The molecule has 0 radical (unpaired) electrons. The molecule has 0 amide bonds. The van der Waals surface area contributed by atoms with E-state index in [0.717, 1.165) is 81.7 Å². The van der Waals surface area contributed by atoms with Gasteiger partial charge in [0, 0.05) is 49.0 Å². The number of carbonyl (C=O) groups is 1. The molecule has 0 saturated carbocycles. The molecule has 0 aliphatic carbocycles. The summed E-state index contributed by atoms with van der Waals surface area (Å²) in [5.41, 5.74) is 5.65. The second-order valence-corrected chi connectivity index (χ2v) is 9.10. The highest BCUT2D eigenvalue weighted by atomic mass is 16.5. The Kier molecular flexibility index (Phi) is 6.53. The second kappa shape index (κ2) is 9.87. The standard InChI is InChI=1S/C27H33N3O3/c1-32-27(31)21-7-9-25-24(18-21)22(19-28-25)5-2-3-11-29-12-14-30(15-13-29)23-8-10-26-20(17-23)6-4-16-33-26/h7-10,17-19,28H,2-6,11-16H2,1H3. The van der Waals surface area contributed by atoms with Crippen molar-refractivity contribution in [3.05, 3.63) is 59.3 Å². The van der Waals surface area contributed by atoms with Crippen molar-refractivity contribution in [1.29, 1.82) is 0 Å². The maximum absolute atomic E-state index is 11.9. The van der Waals surface area contributed by atoms with Crippen molar-refractivity contribution in [2.45, 2.75) is 32.1 Å². The van der Waals surface area contributed by atoms with Gasteiger partial charge in [-0.1, -0.05) is 0 Å². The van der Waals surface area contributed by atoms with Crippen LogP contribution in [0.15, 0.2) is 42.6 Å². The zero-order valence-electron chi connectivity index (χ0n) is 19.4. The van der Waals surface area contributed by atoms with Crippen LogP contribution in [0.2, 0.25) is 0 Å². The summed E-state index contributed by atoms with van der Waals surface area (Å²) >= 11 is 0. The van der Waals surface area contributed by atoms with Gasteiger partial charge in [0.2, 0.25) is 0 Å². The van der Waals surface area contributed by atoms with Crippen LogP contribution < -0.4 is 9.64 Å². The molecule has 1 saturated heterocycles. The van der Waals surface area contributed by atoms with Gasteiger partial charge in [-0.05, 0) is 86.2 Å². The number of aryl methyl sites for hydroxylation is 2. The molecule has 2 aliphatic rings. The lowest BCUT2D eigenvalue weighted by molar-refractivity contribution is 0.0601. The molecule has 0 bridgehead atoms. The first kappa shape index (κ1) is 21.8. The number of aromatic amines is 1. The minimum Gasteiger partial charge on any atom is -0.493 e. The zero-order chi connectivity index (χ0) is 22.6. The molecule has 2 aromatic carbocycles. The minimum absolute atomic E-state index is 0.285. The lowest BCUT2D eigenvalue weighted by Crippen LogP contribution is -2.46. The van der Waals surface area contributed by atoms with Gasteiger partial charge in [-0.25, -0.2) is 4.79 Å². The van der Waals surface area contributed by atoms with Gasteiger partial charge in [0.15, 0.2) is 0 Å². The molecule has 3 heterocycles. The Morgan fingerprint density at radius 1 is 1.09 bits per heavy atom. The summed E-state index contributed by atoms with van der Waals surface area (Å²) < 4.78 is 10.6. The van der Waals surface area contributed by atoms with Crippen molar-refractivity contribution in [1.82, 2.24) is 9.88 Å². The molecule has 3 aromatic rings. The highest BCUT2D eigenvalue weighted by Gasteiger charge is 2.19. The third-order valence-corrected chi connectivity index (χ3v) is 6.99. The van der Waals surface area contributed by atoms with Gasteiger partial charge < -0.3 is 19.4 Å². The number of benzene rings is 2. The Morgan fingerprint density at radius 3 is 2.82 bits per heavy atom. The Hall–Kier alpha value is -2.99. The number of carbonyl (C=O) groups excluding carboxylic acids is 1. The number of ether oxygens (including phenoxy) is 2. The van der Waals surface area contributed by atoms with Crippen molar-refractivity contribution in [2.24, 2.45) is 0 Å². The van der Waals surface area contributed by atoms with E-state index in [-0.39, 0.29) is 5.97 Å². The quantitative estimate of drug-likeness (QED) is 0.429. The van der Waals surface area contributed by atoms with E-state index < -0.39 is 0 Å². The fourth-order valence-corrected chi connectivity index (χ4v) is 5.05. The SMILES string of the molecule is COC(=O)c1ccc2[nH]cc(CCCCN3CCN(c4ccc5c(c4)CCCO5)CC3)c2c1. The number of unbranched alkanes of at least 4 members (excludes halogenated alkanes) is 1. The monoisotopic (exact) mass is 447 g/mol. The largest absolute Gasteiger partial charge is 0.493 e. The number of H-pyrrole nitrogens is 1. The maximum atomic E-state index is 11.9. The number of hydrogen-bond acceptors (Lipinski definition) is 5. The number of esters is 1. The summed E-state index contributed by atoms with van der Waals surface area (Å²) in [6.45, 7) is 6.38. The Morgan fingerprint density at radius 2 is 1.97 bits per heavy atom. The van der Waals surface area contributed by atoms with E-state index in [4.69, 9.17) is 9.47 Å². The third kappa shape index (κ3) is 4.86. The molecule has 5 rings (SSSR count). The third-order valence-electron chi connectivity index (χ3n) is 6.99. The van der Waals surface area contributed by atoms with Crippen molar-refractivity contribution < 1.29 is 14.3 Å². The molecule has 6 nitrogen and oxygen atoms in total. The molecule has 6 heteroatoms. The number of rotatable bonds is 7. The molecule has 0 spiro atoms. The van der Waals surface area contributed by atoms with Gasteiger partial charge in [0.05, 0.1) is 19.3 Å². The van der Waals surface area contributed by atoms with E-state index in [0.29, 0.717) is 5.56 Å². The van der Waals surface area contributed by atoms with Crippen LogP contribution in [-0.2, 0) is 17.6 Å². The molecule has 1 fully saturated rings. The van der Waals surface area contributed by atoms with Crippen molar-refractivity contribution >= 4 is 22.6 Å². The fraction of sp³-hybridized carbons (Fsp3) is 0.444. The first-order chi connectivity index (χ1) is 16.2.